The third kappa shape index (κ3) is 8.37. The Labute approximate surface area is 208 Å². The molecule has 0 aliphatic heterocycles. The second kappa shape index (κ2) is 14.1. The maximum atomic E-state index is 11.7. The topological polar surface area (TPSA) is 61.8 Å². The average molecular weight is 475 g/mol. The Balaban J connectivity index is 1.62. The minimum absolute atomic E-state index is 0.172. The standard InChI is InChI=1S/C30H34O5/c1-33-29(31)15-9-6-10-24(20-23-16-18-26(19-17-23)30(32)34-2)21-35-22-27-13-7-8-14-28(27)25-11-4-3-5-12-25/h3-5,7-8,11-14,16-19,24H,6,9-10,15,20-22H2,1-2H3. The van der Waals surface area contributed by atoms with E-state index in [1.807, 2.05) is 42.5 Å². The van der Waals surface area contributed by atoms with Gasteiger partial charge in [0.05, 0.1) is 33.0 Å². The lowest BCUT2D eigenvalue weighted by Crippen LogP contribution is -2.14. The number of carbonyl (C=O) groups excluding carboxylic acids is 2. The van der Waals surface area contributed by atoms with Gasteiger partial charge in [-0.2, -0.15) is 0 Å². The lowest BCUT2D eigenvalue weighted by Gasteiger charge is -2.18. The van der Waals surface area contributed by atoms with Gasteiger partial charge >= 0.3 is 11.9 Å². The van der Waals surface area contributed by atoms with Crippen LogP contribution in [0.15, 0.2) is 78.9 Å². The maximum Gasteiger partial charge on any atom is 0.337 e. The molecule has 184 valence electrons. The second-order valence-electron chi connectivity index (χ2n) is 8.62. The summed E-state index contributed by atoms with van der Waals surface area (Å²) in [7, 11) is 2.80. The molecule has 0 spiro atoms. The summed E-state index contributed by atoms with van der Waals surface area (Å²) in [5.74, 6) is -0.217. The van der Waals surface area contributed by atoms with E-state index < -0.39 is 0 Å². The highest BCUT2D eigenvalue weighted by Crippen LogP contribution is 2.25. The number of hydrogen-bond acceptors (Lipinski definition) is 5. The van der Waals surface area contributed by atoms with Gasteiger partial charge in [-0.1, -0.05) is 73.2 Å². The Bertz CT molecular complexity index is 1060. The average Bonchev–Trinajstić information content (AvgIpc) is 2.91. The Kier molecular flexibility index (Phi) is 10.5. The fourth-order valence-corrected chi connectivity index (χ4v) is 4.16. The van der Waals surface area contributed by atoms with Gasteiger partial charge in [-0.05, 0) is 59.6 Å². The quantitative estimate of drug-likeness (QED) is 0.216. The van der Waals surface area contributed by atoms with Crippen LogP contribution >= 0.6 is 0 Å². The van der Waals surface area contributed by atoms with Crippen LogP contribution < -0.4 is 0 Å². The van der Waals surface area contributed by atoms with Crippen molar-refractivity contribution in [2.45, 2.75) is 38.7 Å². The molecule has 0 amide bonds. The van der Waals surface area contributed by atoms with Crippen LogP contribution in [0.2, 0.25) is 0 Å². The molecule has 0 aliphatic carbocycles. The van der Waals surface area contributed by atoms with Crippen LogP contribution in [0.5, 0.6) is 0 Å². The summed E-state index contributed by atoms with van der Waals surface area (Å²) < 4.78 is 15.8. The van der Waals surface area contributed by atoms with Crippen molar-refractivity contribution in [3.05, 3.63) is 95.6 Å². The molecule has 1 unspecified atom stereocenters. The van der Waals surface area contributed by atoms with Crippen LogP contribution in [0.3, 0.4) is 0 Å². The van der Waals surface area contributed by atoms with Gasteiger partial charge < -0.3 is 14.2 Å². The van der Waals surface area contributed by atoms with E-state index in [1.54, 1.807) is 12.1 Å². The number of benzene rings is 3. The highest BCUT2D eigenvalue weighted by molar-refractivity contribution is 5.89. The number of unbranched alkanes of at least 4 members (excludes halogenated alkanes) is 1. The number of hydrogen-bond donors (Lipinski definition) is 0. The van der Waals surface area contributed by atoms with Crippen LogP contribution in [0.4, 0.5) is 0 Å². The largest absolute Gasteiger partial charge is 0.469 e. The van der Waals surface area contributed by atoms with Crippen LogP contribution in [0.1, 0.15) is 47.2 Å². The van der Waals surface area contributed by atoms with E-state index in [1.165, 1.54) is 25.3 Å². The fraction of sp³-hybridized carbons (Fsp3) is 0.333. The Morgan fingerprint density at radius 3 is 2.23 bits per heavy atom. The molecular formula is C30H34O5. The highest BCUT2D eigenvalue weighted by atomic mass is 16.5. The molecule has 0 heterocycles. The first-order chi connectivity index (χ1) is 17.1. The summed E-state index contributed by atoms with van der Waals surface area (Å²) in [5.41, 5.74) is 5.20. The van der Waals surface area contributed by atoms with E-state index >= 15 is 0 Å². The third-order valence-electron chi connectivity index (χ3n) is 6.08. The molecule has 0 saturated carbocycles. The Hall–Kier alpha value is -3.44. The Morgan fingerprint density at radius 2 is 1.51 bits per heavy atom. The van der Waals surface area contributed by atoms with Crippen molar-refractivity contribution in [2.24, 2.45) is 5.92 Å². The van der Waals surface area contributed by atoms with Crippen molar-refractivity contribution in [2.75, 3.05) is 20.8 Å². The number of ether oxygens (including phenoxy) is 3. The van der Waals surface area contributed by atoms with Crippen molar-refractivity contribution in [3.8, 4) is 11.1 Å². The van der Waals surface area contributed by atoms with Gasteiger partial charge in [0.1, 0.15) is 0 Å². The Morgan fingerprint density at radius 1 is 0.800 bits per heavy atom. The van der Waals surface area contributed by atoms with Crippen molar-refractivity contribution in [1.82, 2.24) is 0 Å². The van der Waals surface area contributed by atoms with Gasteiger partial charge in [0.2, 0.25) is 0 Å². The molecule has 5 heteroatoms. The first kappa shape index (κ1) is 26.2. The minimum atomic E-state index is -0.337. The third-order valence-corrected chi connectivity index (χ3v) is 6.08. The molecule has 5 nitrogen and oxygen atoms in total. The van der Waals surface area contributed by atoms with Crippen LogP contribution in [0, 0.1) is 5.92 Å². The normalized spacial score (nSPS) is 11.6. The van der Waals surface area contributed by atoms with E-state index in [-0.39, 0.29) is 11.9 Å². The zero-order valence-corrected chi connectivity index (χ0v) is 20.6. The molecule has 3 aromatic rings. The van der Waals surface area contributed by atoms with Crippen molar-refractivity contribution < 1.29 is 23.8 Å². The number of methoxy groups -OCH3 is 2. The lowest BCUT2D eigenvalue weighted by molar-refractivity contribution is -0.140. The van der Waals surface area contributed by atoms with E-state index in [9.17, 15) is 9.59 Å². The van der Waals surface area contributed by atoms with E-state index in [4.69, 9.17) is 14.2 Å². The predicted molar refractivity (Wildman–Crippen MR) is 137 cm³/mol. The molecule has 1 atom stereocenters. The molecule has 0 aromatic heterocycles. The van der Waals surface area contributed by atoms with Gasteiger partial charge in [-0.3, -0.25) is 4.79 Å². The first-order valence-electron chi connectivity index (χ1n) is 12.1. The predicted octanol–water partition coefficient (Wildman–Crippen LogP) is 6.25. The van der Waals surface area contributed by atoms with Gasteiger partial charge in [0.15, 0.2) is 0 Å². The summed E-state index contributed by atoms with van der Waals surface area (Å²) in [5, 5.41) is 0. The van der Waals surface area contributed by atoms with E-state index in [2.05, 4.69) is 24.3 Å². The SMILES string of the molecule is COC(=O)CCCCC(COCc1ccccc1-c1ccccc1)Cc1ccc(C(=O)OC)cc1. The van der Waals surface area contributed by atoms with Crippen molar-refractivity contribution in [1.29, 1.82) is 0 Å². The molecular weight excluding hydrogens is 440 g/mol. The van der Waals surface area contributed by atoms with Gasteiger partial charge in [0.25, 0.3) is 0 Å². The van der Waals surface area contributed by atoms with Crippen LogP contribution in [-0.4, -0.2) is 32.8 Å². The summed E-state index contributed by atoms with van der Waals surface area (Å²) in [6.45, 7) is 1.14. The van der Waals surface area contributed by atoms with E-state index in [0.717, 1.165) is 36.8 Å². The smallest absolute Gasteiger partial charge is 0.337 e. The number of esters is 2. The molecule has 0 saturated heterocycles. The lowest BCUT2D eigenvalue weighted by atomic mass is 9.94. The molecule has 3 rings (SSSR count). The molecule has 0 fully saturated rings. The maximum absolute atomic E-state index is 11.7. The molecule has 3 aromatic carbocycles. The summed E-state index contributed by atoms with van der Waals surface area (Å²) in [6.07, 6.45) is 3.92. The van der Waals surface area contributed by atoms with Crippen molar-refractivity contribution in [3.63, 3.8) is 0 Å². The van der Waals surface area contributed by atoms with Crippen LogP contribution in [0.25, 0.3) is 11.1 Å². The summed E-state index contributed by atoms with van der Waals surface area (Å²) in [4.78, 5) is 23.2. The summed E-state index contributed by atoms with van der Waals surface area (Å²) in [6, 6.07) is 26.2. The van der Waals surface area contributed by atoms with Crippen LogP contribution in [-0.2, 0) is 32.0 Å². The summed E-state index contributed by atoms with van der Waals surface area (Å²) >= 11 is 0. The second-order valence-corrected chi connectivity index (χ2v) is 8.62. The number of rotatable bonds is 13. The number of carbonyl (C=O) groups is 2. The van der Waals surface area contributed by atoms with Gasteiger partial charge in [-0.15, -0.1) is 0 Å². The zero-order valence-electron chi connectivity index (χ0n) is 20.6. The van der Waals surface area contributed by atoms with Gasteiger partial charge in [-0.25, -0.2) is 4.79 Å². The van der Waals surface area contributed by atoms with E-state index in [0.29, 0.717) is 31.1 Å². The van der Waals surface area contributed by atoms with Gasteiger partial charge in [0, 0.05) is 6.42 Å². The zero-order chi connectivity index (χ0) is 24.9. The monoisotopic (exact) mass is 474 g/mol. The first-order valence-corrected chi connectivity index (χ1v) is 12.1. The molecule has 35 heavy (non-hydrogen) atoms. The molecule has 0 N–H and O–H groups in total. The highest BCUT2D eigenvalue weighted by Gasteiger charge is 2.13. The fourth-order valence-electron chi connectivity index (χ4n) is 4.16. The molecule has 0 radical (unpaired) electrons. The molecule has 0 aliphatic rings. The molecule has 0 bridgehead atoms. The van der Waals surface area contributed by atoms with Crippen molar-refractivity contribution >= 4 is 11.9 Å². The minimum Gasteiger partial charge on any atom is -0.469 e.